The quantitative estimate of drug-likeness (QED) is 0.831. The van der Waals surface area contributed by atoms with Gasteiger partial charge in [0.15, 0.2) is 0 Å². The van der Waals surface area contributed by atoms with Gasteiger partial charge >= 0.3 is 0 Å². The van der Waals surface area contributed by atoms with E-state index in [0.717, 1.165) is 5.56 Å². The van der Waals surface area contributed by atoms with Crippen LogP contribution in [0.25, 0.3) is 0 Å². The normalized spacial score (nSPS) is 21.6. The summed E-state index contributed by atoms with van der Waals surface area (Å²) < 4.78 is 13.0. The topological polar surface area (TPSA) is 54.9 Å². The number of halogens is 1. The van der Waals surface area contributed by atoms with E-state index < -0.39 is 5.41 Å². The summed E-state index contributed by atoms with van der Waals surface area (Å²) in [5.41, 5.74) is 0.557. The SMILES string of the molecule is CC1(c2ccc(F)cc2)C(=O)Nc2ncncc21. The molecule has 2 heterocycles. The van der Waals surface area contributed by atoms with Crippen LogP contribution in [0.2, 0.25) is 0 Å². The molecule has 1 unspecified atom stereocenters. The maximum Gasteiger partial charge on any atom is 0.240 e. The largest absolute Gasteiger partial charge is 0.309 e. The Morgan fingerprint density at radius 2 is 2.00 bits per heavy atom. The molecule has 0 fully saturated rings. The lowest BCUT2D eigenvalue weighted by Crippen LogP contribution is -2.32. The smallest absolute Gasteiger partial charge is 0.240 e. The van der Waals surface area contributed by atoms with E-state index in [-0.39, 0.29) is 11.7 Å². The van der Waals surface area contributed by atoms with Crippen LogP contribution in [-0.4, -0.2) is 15.9 Å². The molecule has 0 bridgehead atoms. The van der Waals surface area contributed by atoms with E-state index in [1.807, 2.05) is 0 Å². The van der Waals surface area contributed by atoms with Crippen molar-refractivity contribution in [1.82, 2.24) is 9.97 Å². The molecule has 1 aromatic carbocycles. The second kappa shape index (κ2) is 3.60. The number of nitrogens with zero attached hydrogens (tertiary/aromatic N) is 2. The van der Waals surface area contributed by atoms with Gasteiger partial charge in [-0.25, -0.2) is 14.4 Å². The van der Waals surface area contributed by atoms with Crippen molar-refractivity contribution < 1.29 is 9.18 Å². The average Bonchev–Trinajstić information content (AvgIpc) is 2.64. The molecule has 1 amide bonds. The van der Waals surface area contributed by atoms with Crippen LogP contribution >= 0.6 is 0 Å². The summed E-state index contributed by atoms with van der Waals surface area (Å²) in [6.45, 7) is 1.78. The third kappa shape index (κ3) is 1.33. The monoisotopic (exact) mass is 243 g/mol. The molecule has 1 N–H and O–H groups in total. The molecule has 1 aliphatic rings. The highest BCUT2D eigenvalue weighted by Gasteiger charge is 2.45. The molecular weight excluding hydrogens is 233 g/mol. The zero-order chi connectivity index (χ0) is 12.8. The van der Waals surface area contributed by atoms with Crippen LogP contribution < -0.4 is 5.32 Å². The molecule has 4 nitrogen and oxygen atoms in total. The molecule has 0 aliphatic carbocycles. The summed E-state index contributed by atoms with van der Waals surface area (Å²) in [6.07, 6.45) is 3.00. The molecule has 0 radical (unpaired) electrons. The number of carbonyl (C=O) groups excluding carboxylic acids is 1. The van der Waals surface area contributed by atoms with Crippen LogP contribution in [0, 0.1) is 5.82 Å². The third-order valence-electron chi connectivity index (χ3n) is 3.36. The minimum absolute atomic E-state index is 0.176. The van der Waals surface area contributed by atoms with E-state index in [4.69, 9.17) is 0 Å². The number of hydrogen-bond donors (Lipinski definition) is 1. The van der Waals surface area contributed by atoms with Gasteiger partial charge in [0.25, 0.3) is 0 Å². The van der Waals surface area contributed by atoms with Gasteiger partial charge in [-0.3, -0.25) is 4.79 Å². The van der Waals surface area contributed by atoms with E-state index >= 15 is 0 Å². The summed E-state index contributed by atoms with van der Waals surface area (Å²) in [5, 5.41) is 2.72. The number of nitrogens with one attached hydrogen (secondary N) is 1. The molecule has 1 aromatic heterocycles. The zero-order valence-corrected chi connectivity index (χ0v) is 9.64. The van der Waals surface area contributed by atoms with Gasteiger partial charge in [-0.1, -0.05) is 12.1 Å². The predicted molar refractivity (Wildman–Crippen MR) is 63.5 cm³/mol. The van der Waals surface area contributed by atoms with Crippen LogP contribution in [0.4, 0.5) is 10.2 Å². The Morgan fingerprint density at radius 3 is 2.72 bits per heavy atom. The average molecular weight is 243 g/mol. The van der Waals surface area contributed by atoms with Crippen molar-refractivity contribution in [2.24, 2.45) is 0 Å². The van der Waals surface area contributed by atoms with E-state index in [0.29, 0.717) is 11.4 Å². The number of amides is 1. The van der Waals surface area contributed by atoms with Crippen molar-refractivity contribution in [3.63, 3.8) is 0 Å². The summed E-state index contributed by atoms with van der Waals surface area (Å²) in [6, 6.07) is 5.90. The van der Waals surface area contributed by atoms with Gasteiger partial charge in [-0.2, -0.15) is 0 Å². The Labute approximate surface area is 103 Å². The Morgan fingerprint density at radius 1 is 1.28 bits per heavy atom. The number of anilines is 1. The predicted octanol–water partition coefficient (Wildman–Crippen LogP) is 1.87. The molecule has 0 saturated carbocycles. The first kappa shape index (κ1) is 10.8. The van der Waals surface area contributed by atoms with Gasteiger partial charge in [0.2, 0.25) is 5.91 Å². The van der Waals surface area contributed by atoms with E-state index in [2.05, 4.69) is 15.3 Å². The highest BCUT2D eigenvalue weighted by atomic mass is 19.1. The number of aromatic nitrogens is 2. The van der Waals surface area contributed by atoms with Gasteiger partial charge in [-0.05, 0) is 24.6 Å². The number of rotatable bonds is 1. The lowest BCUT2D eigenvalue weighted by Gasteiger charge is -2.21. The molecule has 0 saturated heterocycles. The first-order valence-corrected chi connectivity index (χ1v) is 5.50. The maximum absolute atomic E-state index is 13.0. The molecule has 0 spiro atoms. The highest BCUT2D eigenvalue weighted by Crippen LogP contribution is 2.40. The first-order chi connectivity index (χ1) is 8.62. The fourth-order valence-corrected chi connectivity index (χ4v) is 2.22. The summed E-state index contributed by atoms with van der Waals surface area (Å²) in [4.78, 5) is 20.1. The second-order valence-corrected chi connectivity index (χ2v) is 4.37. The molecule has 3 rings (SSSR count). The van der Waals surface area contributed by atoms with Gasteiger partial charge in [0.1, 0.15) is 23.4 Å². The van der Waals surface area contributed by atoms with E-state index in [1.165, 1.54) is 18.5 Å². The number of benzene rings is 1. The minimum atomic E-state index is -0.871. The van der Waals surface area contributed by atoms with Crippen molar-refractivity contribution in [3.05, 3.63) is 53.7 Å². The Bertz CT molecular complexity index is 626. The number of fused-ring (bicyclic) bond motifs is 1. The lowest BCUT2D eigenvalue weighted by atomic mass is 9.78. The van der Waals surface area contributed by atoms with Gasteiger partial charge in [0.05, 0.1) is 0 Å². The van der Waals surface area contributed by atoms with E-state index in [9.17, 15) is 9.18 Å². The highest BCUT2D eigenvalue weighted by molar-refractivity contribution is 6.07. The molecule has 1 aliphatic heterocycles. The molecule has 5 heteroatoms. The Kier molecular flexibility index (Phi) is 2.16. The van der Waals surface area contributed by atoms with Crippen LogP contribution in [0.3, 0.4) is 0 Å². The van der Waals surface area contributed by atoms with Crippen molar-refractivity contribution in [1.29, 1.82) is 0 Å². The summed E-state index contributed by atoms with van der Waals surface area (Å²) in [7, 11) is 0. The van der Waals surface area contributed by atoms with Gasteiger partial charge in [-0.15, -0.1) is 0 Å². The fourth-order valence-electron chi connectivity index (χ4n) is 2.22. The Balaban J connectivity index is 2.20. The van der Waals surface area contributed by atoms with Crippen LogP contribution in [-0.2, 0) is 10.2 Å². The number of carbonyl (C=O) groups is 1. The molecule has 1 atom stereocenters. The number of hydrogen-bond acceptors (Lipinski definition) is 3. The Hall–Kier alpha value is -2.30. The standard InChI is InChI=1S/C13H10FN3O/c1-13(8-2-4-9(14)5-3-8)10-6-15-7-16-11(10)17-12(13)18/h2-7H,1H3,(H,15,16,17,18). The van der Waals surface area contributed by atoms with E-state index in [1.54, 1.807) is 25.3 Å². The van der Waals surface area contributed by atoms with Crippen LogP contribution in [0.5, 0.6) is 0 Å². The third-order valence-corrected chi connectivity index (χ3v) is 3.36. The van der Waals surface area contributed by atoms with Crippen LogP contribution in [0.1, 0.15) is 18.1 Å². The molecule has 18 heavy (non-hydrogen) atoms. The molecule has 90 valence electrons. The second-order valence-electron chi connectivity index (χ2n) is 4.37. The lowest BCUT2D eigenvalue weighted by molar-refractivity contribution is -0.119. The van der Waals surface area contributed by atoms with Gasteiger partial charge < -0.3 is 5.32 Å². The molecular formula is C13H10FN3O. The van der Waals surface area contributed by atoms with Crippen molar-refractivity contribution in [2.45, 2.75) is 12.3 Å². The summed E-state index contributed by atoms with van der Waals surface area (Å²) in [5.74, 6) is 0.0109. The van der Waals surface area contributed by atoms with Crippen molar-refractivity contribution in [3.8, 4) is 0 Å². The molecule has 2 aromatic rings. The maximum atomic E-state index is 13.0. The fraction of sp³-hybridized carbons (Fsp3) is 0.154. The first-order valence-electron chi connectivity index (χ1n) is 5.50. The van der Waals surface area contributed by atoms with Crippen molar-refractivity contribution in [2.75, 3.05) is 5.32 Å². The zero-order valence-electron chi connectivity index (χ0n) is 9.64. The van der Waals surface area contributed by atoms with Crippen molar-refractivity contribution >= 4 is 11.7 Å². The minimum Gasteiger partial charge on any atom is -0.309 e. The van der Waals surface area contributed by atoms with Crippen LogP contribution in [0.15, 0.2) is 36.8 Å². The summed E-state index contributed by atoms with van der Waals surface area (Å²) >= 11 is 0. The van der Waals surface area contributed by atoms with Gasteiger partial charge in [0, 0.05) is 11.8 Å².